The second-order valence-electron chi connectivity index (χ2n) is 11.6. The van der Waals surface area contributed by atoms with Crippen LogP contribution in [0, 0.1) is 0 Å². The molecule has 214 valence electrons. The number of aromatic nitrogens is 3. The Balaban J connectivity index is 1.18. The molecule has 0 saturated heterocycles. The van der Waals surface area contributed by atoms with Crippen LogP contribution in [0.1, 0.15) is 0 Å². The van der Waals surface area contributed by atoms with Crippen LogP contribution in [-0.4, -0.2) is 15.0 Å². The fraction of sp³-hybridized carbons (Fsp3) is 0. The Morgan fingerprint density at radius 2 is 1.04 bits per heavy atom. The van der Waals surface area contributed by atoms with Crippen LogP contribution >= 0.6 is 0 Å². The van der Waals surface area contributed by atoms with Crippen molar-refractivity contribution < 1.29 is 0 Å². The summed E-state index contributed by atoms with van der Waals surface area (Å²) in [7, 11) is 0. The van der Waals surface area contributed by atoms with Crippen molar-refractivity contribution in [1.29, 1.82) is 0 Å². The van der Waals surface area contributed by atoms with E-state index in [-0.39, 0.29) is 0 Å². The van der Waals surface area contributed by atoms with Crippen molar-refractivity contribution in [3.63, 3.8) is 0 Å². The first-order valence-corrected chi connectivity index (χ1v) is 15.5. The molecule has 0 N–H and O–H groups in total. The molecule has 46 heavy (non-hydrogen) atoms. The predicted octanol–water partition coefficient (Wildman–Crippen LogP) is 11.2. The fourth-order valence-corrected chi connectivity index (χ4v) is 6.65. The topological polar surface area (TPSA) is 38.7 Å². The number of rotatable bonds is 4. The van der Waals surface area contributed by atoms with Crippen LogP contribution in [0.5, 0.6) is 0 Å². The zero-order valence-corrected chi connectivity index (χ0v) is 24.9. The minimum Gasteiger partial charge on any atom is -0.254 e. The maximum absolute atomic E-state index is 5.16. The van der Waals surface area contributed by atoms with Gasteiger partial charge in [0.05, 0.1) is 27.9 Å². The Bertz CT molecular complexity index is 2560. The summed E-state index contributed by atoms with van der Waals surface area (Å²) in [4.78, 5) is 14.8. The standard InChI is InChI=1S/C43H27N3/c1-3-9-28(10-4-1)37-27-40(30-11-5-2-6-12-30)45-39-25-23-35-34(14-7-15-36(35)41(37)39)29-16-18-31(19-17-29)38-24-22-33-21-20-32-13-8-26-44-42(32)43(33)46-38/h1-27H. The van der Waals surface area contributed by atoms with Crippen LogP contribution in [0.3, 0.4) is 0 Å². The van der Waals surface area contributed by atoms with Crippen LogP contribution < -0.4 is 0 Å². The Hall–Kier alpha value is -6.19. The molecule has 3 heteroatoms. The second-order valence-corrected chi connectivity index (χ2v) is 11.6. The lowest BCUT2D eigenvalue weighted by Crippen LogP contribution is -1.92. The van der Waals surface area contributed by atoms with E-state index in [1.54, 1.807) is 0 Å². The van der Waals surface area contributed by atoms with Crippen LogP contribution in [0.2, 0.25) is 0 Å². The highest BCUT2D eigenvalue weighted by Crippen LogP contribution is 2.39. The van der Waals surface area contributed by atoms with Gasteiger partial charge >= 0.3 is 0 Å². The first-order valence-electron chi connectivity index (χ1n) is 15.5. The molecule has 3 nitrogen and oxygen atoms in total. The van der Waals surface area contributed by atoms with Gasteiger partial charge in [0.15, 0.2) is 0 Å². The maximum atomic E-state index is 5.16. The summed E-state index contributed by atoms with van der Waals surface area (Å²) in [5.74, 6) is 0. The van der Waals surface area contributed by atoms with E-state index in [4.69, 9.17) is 9.97 Å². The first kappa shape index (κ1) is 26.2. The average molecular weight is 586 g/mol. The molecular formula is C43H27N3. The van der Waals surface area contributed by atoms with E-state index in [1.807, 2.05) is 18.3 Å². The molecule has 0 unspecified atom stereocenters. The largest absolute Gasteiger partial charge is 0.254 e. The molecule has 0 aliphatic heterocycles. The van der Waals surface area contributed by atoms with E-state index in [0.717, 1.165) is 55.4 Å². The lowest BCUT2D eigenvalue weighted by Gasteiger charge is -2.15. The van der Waals surface area contributed by atoms with Gasteiger partial charge in [-0.3, -0.25) is 4.98 Å². The van der Waals surface area contributed by atoms with Crippen LogP contribution in [0.15, 0.2) is 164 Å². The number of pyridine rings is 3. The number of hydrogen-bond donors (Lipinski definition) is 0. The van der Waals surface area contributed by atoms with E-state index in [0.29, 0.717) is 0 Å². The normalized spacial score (nSPS) is 11.5. The summed E-state index contributed by atoms with van der Waals surface area (Å²) in [5.41, 5.74) is 11.7. The Labute approximate surface area is 266 Å². The van der Waals surface area contributed by atoms with Gasteiger partial charge in [-0.05, 0) is 57.3 Å². The molecule has 0 atom stereocenters. The monoisotopic (exact) mass is 585 g/mol. The number of nitrogens with zero attached hydrogens (tertiary/aromatic N) is 3. The van der Waals surface area contributed by atoms with Gasteiger partial charge in [-0.25, -0.2) is 9.97 Å². The third-order valence-corrected chi connectivity index (χ3v) is 8.91. The molecule has 9 aromatic rings. The van der Waals surface area contributed by atoms with Crippen molar-refractivity contribution in [2.24, 2.45) is 0 Å². The van der Waals surface area contributed by atoms with Crippen molar-refractivity contribution in [3.8, 4) is 44.8 Å². The van der Waals surface area contributed by atoms with Gasteiger partial charge in [-0.15, -0.1) is 0 Å². The zero-order valence-electron chi connectivity index (χ0n) is 24.9. The van der Waals surface area contributed by atoms with Crippen LogP contribution in [0.4, 0.5) is 0 Å². The van der Waals surface area contributed by atoms with Gasteiger partial charge in [0.25, 0.3) is 0 Å². The number of benzene rings is 6. The number of fused-ring (bicyclic) bond motifs is 6. The van der Waals surface area contributed by atoms with E-state index in [9.17, 15) is 0 Å². The molecule has 0 radical (unpaired) electrons. The minimum atomic E-state index is 0.929. The Kier molecular flexibility index (Phi) is 6.14. The predicted molar refractivity (Wildman–Crippen MR) is 192 cm³/mol. The molecule has 6 aromatic carbocycles. The summed E-state index contributed by atoms with van der Waals surface area (Å²) in [6.45, 7) is 0. The van der Waals surface area contributed by atoms with Gasteiger partial charge in [0, 0.05) is 33.5 Å². The summed E-state index contributed by atoms with van der Waals surface area (Å²) in [6, 6.07) is 55.6. The van der Waals surface area contributed by atoms with Crippen molar-refractivity contribution in [2.75, 3.05) is 0 Å². The molecule has 0 amide bonds. The second kappa shape index (κ2) is 10.8. The van der Waals surface area contributed by atoms with Gasteiger partial charge < -0.3 is 0 Å². The van der Waals surface area contributed by atoms with Crippen molar-refractivity contribution in [1.82, 2.24) is 15.0 Å². The Morgan fingerprint density at radius 3 is 1.85 bits per heavy atom. The maximum Gasteiger partial charge on any atom is 0.0972 e. The third-order valence-electron chi connectivity index (χ3n) is 8.91. The van der Waals surface area contributed by atoms with Crippen molar-refractivity contribution >= 4 is 43.5 Å². The van der Waals surface area contributed by atoms with Gasteiger partial charge in [-0.2, -0.15) is 0 Å². The summed E-state index contributed by atoms with van der Waals surface area (Å²) in [6.07, 6.45) is 1.83. The van der Waals surface area contributed by atoms with Crippen molar-refractivity contribution in [3.05, 3.63) is 164 Å². The van der Waals surface area contributed by atoms with E-state index < -0.39 is 0 Å². The molecule has 9 rings (SSSR count). The molecule has 3 heterocycles. The molecule has 0 aliphatic rings. The molecule has 3 aromatic heterocycles. The molecule has 0 spiro atoms. The smallest absolute Gasteiger partial charge is 0.0972 e. The van der Waals surface area contributed by atoms with Crippen molar-refractivity contribution in [2.45, 2.75) is 0 Å². The molecular weight excluding hydrogens is 558 g/mol. The quantitative estimate of drug-likeness (QED) is 0.193. The Morgan fingerprint density at radius 1 is 0.370 bits per heavy atom. The van der Waals surface area contributed by atoms with E-state index in [2.05, 4.69) is 151 Å². The summed E-state index contributed by atoms with van der Waals surface area (Å²) < 4.78 is 0. The summed E-state index contributed by atoms with van der Waals surface area (Å²) >= 11 is 0. The van der Waals surface area contributed by atoms with Gasteiger partial charge in [0.1, 0.15) is 0 Å². The highest BCUT2D eigenvalue weighted by Gasteiger charge is 2.15. The van der Waals surface area contributed by atoms with Crippen LogP contribution in [0.25, 0.3) is 88.2 Å². The number of hydrogen-bond acceptors (Lipinski definition) is 3. The highest BCUT2D eigenvalue weighted by molar-refractivity contribution is 6.17. The average Bonchev–Trinajstić information content (AvgIpc) is 3.14. The summed E-state index contributed by atoms with van der Waals surface area (Å²) in [5, 5.41) is 5.76. The minimum absolute atomic E-state index is 0.929. The lowest BCUT2D eigenvalue weighted by molar-refractivity contribution is 1.37. The SMILES string of the molecule is c1ccc(-c2cc(-c3ccccc3)c3c(ccc4c(-c5ccc(-c6ccc7ccc8cccnc8c7n6)cc5)cccc43)n2)cc1. The third kappa shape index (κ3) is 4.41. The fourth-order valence-electron chi connectivity index (χ4n) is 6.65. The zero-order chi connectivity index (χ0) is 30.5. The van der Waals surface area contributed by atoms with E-state index >= 15 is 0 Å². The molecule has 0 aliphatic carbocycles. The molecule has 0 fully saturated rings. The highest BCUT2D eigenvalue weighted by atomic mass is 14.8. The van der Waals surface area contributed by atoms with Crippen LogP contribution in [-0.2, 0) is 0 Å². The first-order chi connectivity index (χ1) is 22.8. The molecule has 0 saturated carbocycles. The van der Waals surface area contributed by atoms with Gasteiger partial charge in [0.2, 0.25) is 0 Å². The molecule has 0 bridgehead atoms. The lowest BCUT2D eigenvalue weighted by atomic mass is 9.91. The van der Waals surface area contributed by atoms with E-state index in [1.165, 1.54) is 32.8 Å². The van der Waals surface area contributed by atoms with Gasteiger partial charge in [-0.1, -0.05) is 133 Å².